The SMILES string of the molecule is N#Cc1ccc(NCc2cc[nH]c2)c([N+](=O)[O-])c1. The maximum Gasteiger partial charge on any atom is 0.293 e. The van der Waals surface area contributed by atoms with E-state index in [2.05, 4.69) is 10.3 Å². The molecule has 0 saturated carbocycles. The molecular formula is C12H10N4O2. The molecule has 1 aromatic heterocycles. The van der Waals surface area contributed by atoms with Gasteiger partial charge >= 0.3 is 0 Å². The summed E-state index contributed by atoms with van der Waals surface area (Å²) in [5.41, 5.74) is 1.58. The molecule has 0 bridgehead atoms. The summed E-state index contributed by atoms with van der Waals surface area (Å²) < 4.78 is 0. The molecule has 0 aliphatic heterocycles. The van der Waals surface area contributed by atoms with Crippen molar-refractivity contribution in [3.8, 4) is 6.07 Å². The minimum absolute atomic E-state index is 0.0930. The molecule has 2 rings (SSSR count). The molecule has 0 spiro atoms. The maximum atomic E-state index is 10.9. The zero-order valence-corrected chi connectivity index (χ0v) is 9.38. The summed E-state index contributed by atoms with van der Waals surface area (Å²) in [6.07, 6.45) is 3.59. The Morgan fingerprint density at radius 1 is 1.44 bits per heavy atom. The fourth-order valence-electron chi connectivity index (χ4n) is 1.57. The average molecular weight is 242 g/mol. The first kappa shape index (κ1) is 11.7. The highest BCUT2D eigenvalue weighted by Gasteiger charge is 2.14. The Kier molecular flexibility index (Phi) is 3.25. The van der Waals surface area contributed by atoms with Crippen LogP contribution in [0.5, 0.6) is 0 Å². The lowest BCUT2D eigenvalue weighted by Crippen LogP contribution is -2.02. The molecule has 0 aliphatic carbocycles. The van der Waals surface area contributed by atoms with Gasteiger partial charge in [0.15, 0.2) is 0 Å². The van der Waals surface area contributed by atoms with Crippen LogP contribution in [0.1, 0.15) is 11.1 Å². The monoisotopic (exact) mass is 242 g/mol. The molecular weight excluding hydrogens is 232 g/mol. The van der Waals surface area contributed by atoms with Crippen molar-refractivity contribution in [1.82, 2.24) is 4.98 Å². The largest absolute Gasteiger partial charge is 0.375 e. The van der Waals surface area contributed by atoms with Crippen LogP contribution in [0.25, 0.3) is 0 Å². The lowest BCUT2D eigenvalue weighted by atomic mass is 10.2. The lowest BCUT2D eigenvalue weighted by molar-refractivity contribution is -0.384. The van der Waals surface area contributed by atoms with Gasteiger partial charge in [0, 0.05) is 25.0 Å². The van der Waals surface area contributed by atoms with Gasteiger partial charge in [-0.2, -0.15) is 5.26 Å². The van der Waals surface area contributed by atoms with Crippen molar-refractivity contribution in [2.45, 2.75) is 6.54 Å². The number of hydrogen-bond donors (Lipinski definition) is 2. The summed E-state index contributed by atoms with van der Waals surface area (Å²) in [5.74, 6) is 0. The molecule has 0 unspecified atom stereocenters. The predicted molar refractivity (Wildman–Crippen MR) is 65.9 cm³/mol. The number of aromatic amines is 1. The van der Waals surface area contributed by atoms with Gasteiger partial charge in [-0.3, -0.25) is 10.1 Å². The van der Waals surface area contributed by atoms with Crippen LogP contribution in [0.15, 0.2) is 36.7 Å². The Labute approximate surface area is 103 Å². The molecule has 0 amide bonds. The molecule has 2 aromatic rings. The Hall–Kier alpha value is -2.81. The highest BCUT2D eigenvalue weighted by molar-refractivity contribution is 5.64. The topological polar surface area (TPSA) is 94.8 Å². The Balaban J connectivity index is 2.22. The third kappa shape index (κ3) is 2.47. The van der Waals surface area contributed by atoms with Crippen LogP contribution < -0.4 is 5.32 Å². The fourth-order valence-corrected chi connectivity index (χ4v) is 1.57. The summed E-state index contributed by atoms with van der Waals surface area (Å²) >= 11 is 0. The van der Waals surface area contributed by atoms with Crippen LogP contribution in [0.3, 0.4) is 0 Å². The van der Waals surface area contributed by atoms with Gasteiger partial charge in [0.1, 0.15) is 5.69 Å². The Morgan fingerprint density at radius 3 is 2.89 bits per heavy atom. The zero-order valence-electron chi connectivity index (χ0n) is 9.38. The van der Waals surface area contributed by atoms with Crippen molar-refractivity contribution in [2.24, 2.45) is 0 Å². The first-order valence-corrected chi connectivity index (χ1v) is 5.25. The normalized spacial score (nSPS) is 9.72. The van der Waals surface area contributed by atoms with Crippen LogP contribution in [-0.2, 0) is 6.54 Å². The molecule has 6 nitrogen and oxygen atoms in total. The van der Waals surface area contributed by atoms with Gasteiger partial charge in [-0.25, -0.2) is 0 Å². The first-order chi connectivity index (χ1) is 8.70. The summed E-state index contributed by atoms with van der Waals surface area (Å²) in [6, 6.07) is 8.12. The minimum atomic E-state index is -0.500. The number of aromatic nitrogens is 1. The molecule has 0 atom stereocenters. The number of anilines is 1. The number of hydrogen-bond acceptors (Lipinski definition) is 4. The standard InChI is InChI=1S/C12H10N4O2/c13-6-9-1-2-11(12(5-9)16(17)18)15-8-10-3-4-14-7-10/h1-5,7,14-15H,8H2. The Morgan fingerprint density at radius 2 is 2.28 bits per heavy atom. The minimum Gasteiger partial charge on any atom is -0.375 e. The fraction of sp³-hybridized carbons (Fsp3) is 0.0833. The molecule has 0 aliphatic rings. The summed E-state index contributed by atoms with van der Waals surface area (Å²) in [6.45, 7) is 0.482. The van der Waals surface area contributed by atoms with Gasteiger partial charge in [-0.05, 0) is 23.8 Å². The van der Waals surface area contributed by atoms with Gasteiger partial charge in [0.05, 0.1) is 16.6 Å². The number of nitriles is 1. The van der Waals surface area contributed by atoms with Crippen molar-refractivity contribution in [2.75, 3.05) is 5.32 Å². The van der Waals surface area contributed by atoms with E-state index in [4.69, 9.17) is 5.26 Å². The van der Waals surface area contributed by atoms with Crippen molar-refractivity contribution in [3.05, 3.63) is 57.9 Å². The molecule has 2 N–H and O–H groups in total. The van der Waals surface area contributed by atoms with Crippen molar-refractivity contribution >= 4 is 11.4 Å². The van der Waals surface area contributed by atoms with Crippen LogP contribution >= 0.6 is 0 Å². The number of rotatable bonds is 4. The van der Waals surface area contributed by atoms with Gasteiger partial charge < -0.3 is 10.3 Å². The van der Waals surface area contributed by atoms with Crippen LogP contribution in [0.2, 0.25) is 0 Å². The number of H-pyrrole nitrogens is 1. The third-order valence-corrected chi connectivity index (χ3v) is 2.47. The second-order valence-electron chi connectivity index (χ2n) is 3.67. The molecule has 1 aromatic carbocycles. The first-order valence-electron chi connectivity index (χ1n) is 5.25. The molecule has 1 heterocycles. The number of nitrogens with one attached hydrogen (secondary N) is 2. The summed E-state index contributed by atoms with van der Waals surface area (Å²) in [5, 5.41) is 22.6. The van der Waals surface area contributed by atoms with Crippen LogP contribution in [0, 0.1) is 21.4 Å². The van der Waals surface area contributed by atoms with E-state index in [0.29, 0.717) is 12.2 Å². The number of nitro groups is 1. The van der Waals surface area contributed by atoms with Crippen molar-refractivity contribution in [1.29, 1.82) is 5.26 Å². The van der Waals surface area contributed by atoms with Crippen molar-refractivity contribution in [3.63, 3.8) is 0 Å². The van der Waals surface area contributed by atoms with E-state index in [0.717, 1.165) is 5.56 Å². The van der Waals surface area contributed by atoms with E-state index in [-0.39, 0.29) is 11.3 Å². The predicted octanol–water partition coefficient (Wildman–Crippen LogP) is 2.41. The highest BCUT2D eigenvalue weighted by atomic mass is 16.6. The molecule has 0 saturated heterocycles. The number of nitro benzene ring substituents is 1. The lowest BCUT2D eigenvalue weighted by Gasteiger charge is -2.05. The molecule has 0 radical (unpaired) electrons. The van der Waals surface area contributed by atoms with Gasteiger partial charge in [-0.15, -0.1) is 0 Å². The van der Waals surface area contributed by atoms with Gasteiger partial charge in [-0.1, -0.05) is 0 Å². The second kappa shape index (κ2) is 5.01. The molecule has 0 fully saturated rings. The smallest absolute Gasteiger partial charge is 0.293 e. The molecule has 6 heteroatoms. The average Bonchev–Trinajstić information content (AvgIpc) is 2.89. The van der Waals surface area contributed by atoms with E-state index in [1.807, 2.05) is 18.3 Å². The van der Waals surface area contributed by atoms with E-state index in [1.54, 1.807) is 18.3 Å². The van der Waals surface area contributed by atoms with Crippen LogP contribution in [-0.4, -0.2) is 9.91 Å². The molecule has 18 heavy (non-hydrogen) atoms. The summed E-state index contributed by atoms with van der Waals surface area (Å²) in [4.78, 5) is 13.3. The van der Waals surface area contributed by atoms with Gasteiger partial charge in [0.25, 0.3) is 5.69 Å². The third-order valence-electron chi connectivity index (χ3n) is 2.47. The van der Waals surface area contributed by atoms with Crippen molar-refractivity contribution < 1.29 is 4.92 Å². The van der Waals surface area contributed by atoms with E-state index in [9.17, 15) is 10.1 Å². The second-order valence-corrected chi connectivity index (χ2v) is 3.67. The number of nitrogens with zero attached hydrogens (tertiary/aromatic N) is 2. The Bertz CT molecular complexity index is 599. The van der Waals surface area contributed by atoms with E-state index >= 15 is 0 Å². The van der Waals surface area contributed by atoms with Gasteiger partial charge in [0.2, 0.25) is 0 Å². The summed E-state index contributed by atoms with van der Waals surface area (Å²) in [7, 11) is 0. The van der Waals surface area contributed by atoms with Crippen LogP contribution in [0.4, 0.5) is 11.4 Å². The zero-order chi connectivity index (χ0) is 13.0. The maximum absolute atomic E-state index is 10.9. The highest BCUT2D eigenvalue weighted by Crippen LogP contribution is 2.25. The van der Waals surface area contributed by atoms with E-state index < -0.39 is 4.92 Å². The van der Waals surface area contributed by atoms with E-state index in [1.165, 1.54) is 6.07 Å². The quantitative estimate of drug-likeness (QED) is 0.635. The molecule has 90 valence electrons. The number of benzene rings is 1.